The number of aryl methyl sites for hydroxylation is 2. The van der Waals surface area contributed by atoms with Gasteiger partial charge in [0.25, 0.3) is 0 Å². The third kappa shape index (κ3) is 3.78. The van der Waals surface area contributed by atoms with Crippen molar-refractivity contribution in [3.63, 3.8) is 0 Å². The highest BCUT2D eigenvalue weighted by atomic mass is 14.9. The molecule has 3 heteroatoms. The van der Waals surface area contributed by atoms with Crippen LogP contribution in [0.5, 0.6) is 0 Å². The van der Waals surface area contributed by atoms with Gasteiger partial charge in [-0.15, -0.1) is 0 Å². The Hall–Kier alpha value is -0.960. The molecule has 1 saturated carbocycles. The van der Waals surface area contributed by atoms with Crippen molar-refractivity contribution in [2.75, 3.05) is 13.6 Å². The molecular weight excluding hydrogens is 246 g/mol. The van der Waals surface area contributed by atoms with Crippen LogP contribution in [0.2, 0.25) is 0 Å². The van der Waals surface area contributed by atoms with E-state index >= 15 is 0 Å². The Morgan fingerprint density at radius 3 is 2.45 bits per heavy atom. The average molecular weight is 275 g/mol. The lowest BCUT2D eigenvalue weighted by molar-refractivity contribution is 0.334. The van der Waals surface area contributed by atoms with E-state index in [1.165, 1.54) is 42.6 Å². The maximum Gasteiger partial charge on any atom is 0.131 e. The van der Waals surface area contributed by atoms with Crippen molar-refractivity contribution in [3.05, 3.63) is 22.8 Å². The fraction of sp³-hybridized carbons (Fsp3) is 0.765. The summed E-state index contributed by atoms with van der Waals surface area (Å²) in [6.07, 6.45) is 7.47. The maximum absolute atomic E-state index is 4.84. The van der Waals surface area contributed by atoms with Gasteiger partial charge in [0, 0.05) is 17.3 Å². The Balaban J connectivity index is 2.12. The number of hydrogen-bond acceptors (Lipinski definition) is 3. The number of hydrogen-bond donors (Lipinski definition) is 1. The molecule has 1 aliphatic carbocycles. The third-order valence-electron chi connectivity index (χ3n) is 4.59. The highest BCUT2D eigenvalue weighted by Crippen LogP contribution is 2.34. The van der Waals surface area contributed by atoms with Crippen LogP contribution in [0.3, 0.4) is 0 Å². The quantitative estimate of drug-likeness (QED) is 0.835. The molecule has 20 heavy (non-hydrogen) atoms. The first kappa shape index (κ1) is 15.4. The number of rotatable bonds is 5. The fourth-order valence-corrected chi connectivity index (χ4v) is 3.42. The second kappa shape index (κ2) is 7.16. The summed E-state index contributed by atoms with van der Waals surface area (Å²) in [5, 5.41) is 3.20. The molecule has 3 nitrogen and oxygen atoms in total. The summed E-state index contributed by atoms with van der Waals surface area (Å²) in [6, 6.07) is 0. The van der Waals surface area contributed by atoms with Crippen LogP contribution < -0.4 is 5.32 Å². The number of aromatic nitrogens is 2. The summed E-state index contributed by atoms with van der Waals surface area (Å²) in [4.78, 5) is 9.68. The van der Waals surface area contributed by atoms with E-state index in [1.54, 1.807) is 0 Å². The third-order valence-corrected chi connectivity index (χ3v) is 4.59. The van der Waals surface area contributed by atoms with Crippen LogP contribution in [-0.4, -0.2) is 23.6 Å². The van der Waals surface area contributed by atoms with Gasteiger partial charge in [0.05, 0.1) is 0 Å². The van der Waals surface area contributed by atoms with Crippen molar-refractivity contribution in [3.8, 4) is 0 Å². The lowest BCUT2D eigenvalue weighted by atomic mass is 9.82. The summed E-state index contributed by atoms with van der Waals surface area (Å²) >= 11 is 0. The van der Waals surface area contributed by atoms with Gasteiger partial charge in [-0.2, -0.15) is 0 Å². The molecule has 112 valence electrons. The van der Waals surface area contributed by atoms with E-state index in [0.29, 0.717) is 5.92 Å². The molecule has 1 fully saturated rings. The van der Waals surface area contributed by atoms with Crippen molar-refractivity contribution >= 4 is 0 Å². The van der Waals surface area contributed by atoms with Crippen LogP contribution in [0.25, 0.3) is 0 Å². The van der Waals surface area contributed by atoms with E-state index in [-0.39, 0.29) is 0 Å². The fourth-order valence-electron chi connectivity index (χ4n) is 3.42. The first-order valence-corrected chi connectivity index (χ1v) is 8.10. The minimum absolute atomic E-state index is 0.586. The summed E-state index contributed by atoms with van der Waals surface area (Å²) in [5.41, 5.74) is 3.75. The van der Waals surface area contributed by atoms with Gasteiger partial charge in [0.15, 0.2) is 0 Å². The van der Waals surface area contributed by atoms with E-state index in [1.807, 2.05) is 7.05 Å². The maximum atomic E-state index is 4.84. The van der Waals surface area contributed by atoms with Crippen molar-refractivity contribution in [2.45, 2.75) is 65.2 Å². The highest BCUT2D eigenvalue weighted by Gasteiger charge is 2.23. The van der Waals surface area contributed by atoms with E-state index in [9.17, 15) is 0 Å². The Morgan fingerprint density at radius 2 is 1.85 bits per heavy atom. The van der Waals surface area contributed by atoms with Gasteiger partial charge in [0.1, 0.15) is 5.82 Å². The number of nitrogens with zero attached hydrogens (tertiary/aromatic N) is 2. The molecule has 0 bridgehead atoms. The molecule has 0 amide bonds. The largest absolute Gasteiger partial charge is 0.320 e. The Morgan fingerprint density at radius 1 is 1.15 bits per heavy atom. The Labute approximate surface area is 123 Å². The zero-order chi connectivity index (χ0) is 14.5. The molecule has 1 aromatic rings. The molecule has 1 aliphatic rings. The normalized spacial score (nSPS) is 23.0. The summed E-state index contributed by atoms with van der Waals surface area (Å²) in [5.74, 6) is 2.51. The molecule has 0 aliphatic heterocycles. The van der Waals surface area contributed by atoms with Gasteiger partial charge < -0.3 is 5.32 Å². The lowest BCUT2D eigenvalue weighted by Gasteiger charge is -2.26. The molecule has 2 rings (SSSR count). The Kier molecular flexibility index (Phi) is 5.53. The number of nitrogens with one attached hydrogen (secondary N) is 1. The van der Waals surface area contributed by atoms with Crippen LogP contribution in [0.1, 0.15) is 67.7 Å². The molecule has 0 aromatic carbocycles. The summed E-state index contributed by atoms with van der Waals surface area (Å²) < 4.78 is 0. The molecule has 1 N–H and O–H groups in total. The monoisotopic (exact) mass is 275 g/mol. The van der Waals surface area contributed by atoms with Crippen LogP contribution in [0.15, 0.2) is 0 Å². The SMILES string of the molecule is CNCCCc1c(C)nc(C2CCCC(C)C2)nc1C. The smallest absolute Gasteiger partial charge is 0.131 e. The lowest BCUT2D eigenvalue weighted by Crippen LogP contribution is -2.17. The van der Waals surface area contributed by atoms with Crippen LogP contribution in [-0.2, 0) is 6.42 Å². The topological polar surface area (TPSA) is 37.8 Å². The molecule has 2 atom stereocenters. The van der Waals surface area contributed by atoms with Crippen LogP contribution in [0.4, 0.5) is 0 Å². The van der Waals surface area contributed by atoms with E-state index in [4.69, 9.17) is 9.97 Å². The van der Waals surface area contributed by atoms with Crippen molar-refractivity contribution in [2.24, 2.45) is 5.92 Å². The van der Waals surface area contributed by atoms with Crippen LogP contribution in [0, 0.1) is 19.8 Å². The van der Waals surface area contributed by atoms with Gasteiger partial charge in [-0.05, 0) is 64.6 Å². The molecule has 1 aromatic heterocycles. The highest BCUT2D eigenvalue weighted by molar-refractivity contribution is 5.25. The predicted molar refractivity (Wildman–Crippen MR) is 84.1 cm³/mol. The molecule has 0 spiro atoms. The molecular formula is C17H29N3. The van der Waals surface area contributed by atoms with Gasteiger partial charge in [-0.25, -0.2) is 9.97 Å². The molecule has 0 saturated heterocycles. The minimum Gasteiger partial charge on any atom is -0.320 e. The van der Waals surface area contributed by atoms with Crippen molar-refractivity contribution < 1.29 is 0 Å². The van der Waals surface area contributed by atoms with Crippen molar-refractivity contribution in [1.82, 2.24) is 15.3 Å². The second-order valence-electron chi connectivity index (χ2n) is 6.41. The van der Waals surface area contributed by atoms with Gasteiger partial charge in [-0.1, -0.05) is 19.8 Å². The zero-order valence-electron chi connectivity index (χ0n) is 13.5. The summed E-state index contributed by atoms with van der Waals surface area (Å²) in [7, 11) is 2.00. The van der Waals surface area contributed by atoms with E-state index in [0.717, 1.165) is 31.1 Å². The van der Waals surface area contributed by atoms with Crippen molar-refractivity contribution in [1.29, 1.82) is 0 Å². The van der Waals surface area contributed by atoms with Crippen LogP contribution >= 0.6 is 0 Å². The standard InChI is InChI=1S/C17H29N3/c1-12-7-5-8-15(11-12)17-19-13(2)16(14(3)20-17)9-6-10-18-4/h12,15,18H,5-11H2,1-4H3. The predicted octanol–water partition coefficient (Wildman–Crippen LogP) is 3.54. The molecule has 0 radical (unpaired) electrons. The summed E-state index contributed by atoms with van der Waals surface area (Å²) in [6.45, 7) is 7.72. The molecule has 1 heterocycles. The minimum atomic E-state index is 0.586. The second-order valence-corrected chi connectivity index (χ2v) is 6.41. The van der Waals surface area contributed by atoms with Gasteiger partial charge in [0.2, 0.25) is 0 Å². The van der Waals surface area contributed by atoms with Gasteiger partial charge >= 0.3 is 0 Å². The van der Waals surface area contributed by atoms with E-state index < -0.39 is 0 Å². The Bertz CT molecular complexity index is 419. The zero-order valence-corrected chi connectivity index (χ0v) is 13.5. The molecule has 2 unspecified atom stereocenters. The van der Waals surface area contributed by atoms with Gasteiger partial charge in [-0.3, -0.25) is 0 Å². The first-order valence-electron chi connectivity index (χ1n) is 8.10. The first-order chi connectivity index (χ1) is 9.61. The van der Waals surface area contributed by atoms with E-state index in [2.05, 4.69) is 26.1 Å². The average Bonchev–Trinajstić information content (AvgIpc) is 2.41.